The van der Waals surface area contributed by atoms with Gasteiger partial charge in [0.1, 0.15) is 11.8 Å². The number of ether oxygens (including phenoxy) is 1. The summed E-state index contributed by atoms with van der Waals surface area (Å²) in [6, 6.07) is 5.81. The molecule has 7 nitrogen and oxygen atoms in total. The third kappa shape index (κ3) is 4.44. The molecule has 2 N–H and O–H groups in total. The fraction of sp³-hybridized carbons (Fsp3) is 0.200. The van der Waals surface area contributed by atoms with Gasteiger partial charge in [-0.2, -0.15) is 4.72 Å². The van der Waals surface area contributed by atoms with Crippen LogP contribution >= 0.6 is 11.6 Å². The van der Waals surface area contributed by atoms with Crippen molar-refractivity contribution in [3.8, 4) is 5.75 Å². The Labute approximate surface area is 144 Å². The highest BCUT2D eigenvalue weighted by Gasteiger charge is 2.26. The molecular formula is C15H15ClN2O5S. The number of benzene rings is 1. The quantitative estimate of drug-likeness (QED) is 0.768. The Morgan fingerprint density at radius 1 is 1.33 bits per heavy atom. The number of carboxylic acid groups (broad SMARTS) is 1. The highest BCUT2D eigenvalue weighted by molar-refractivity contribution is 7.89. The van der Waals surface area contributed by atoms with Crippen molar-refractivity contribution in [3.05, 3.63) is 53.3 Å². The highest BCUT2D eigenvalue weighted by atomic mass is 35.5. The summed E-state index contributed by atoms with van der Waals surface area (Å²) in [6.07, 6.45) is 3.00. The van der Waals surface area contributed by atoms with Crippen LogP contribution in [0.15, 0.2) is 47.6 Å². The van der Waals surface area contributed by atoms with Gasteiger partial charge in [0.15, 0.2) is 0 Å². The molecule has 0 spiro atoms. The van der Waals surface area contributed by atoms with Crippen LogP contribution in [0, 0.1) is 0 Å². The van der Waals surface area contributed by atoms with E-state index < -0.39 is 22.0 Å². The molecule has 128 valence electrons. The maximum absolute atomic E-state index is 12.4. The van der Waals surface area contributed by atoms with Crippen LogP contribution in [0.2, 0.25) is 5.02 Å². The molecule has 1 unspecified atom stereocenters. The molecule has 0 aliphatic rings. The number of hydrogen-bond donors (Lipinski definition) is 2. The van der Waals surface area contributed by atoms with Gasteiger partial charge in [-0.1, -0.05) is 11.6 Å². The van der Waals surface area contributed by atoms with Crippen LogP contribution in [0.25, 0.3) is 0 Å². The molecular weight excluding hydrogens is 356 g/mol. The lowest BCUT2D eigenvalue weighted by Crippen LogP contribution is -2.42. The van der Waals surface area contributed by atoms with E-state index in [0.717, 1.165) is 0 Å². The van der Waals surface area contributed by atoms with Crippen LogP contribution < -0.4 is 9.46 Å². The molecule has 0 aliphatic carbocycles. The Bertz CT molecular complexity index is 827. The van der Waals surface area contributed by atoms with Crippen molar-refractivity contribution in [2.75, 3.05) is 7.11 Å². The summed E-state index contributed by atoms with van der Waals surface area (Å²) in [7, 11) is -2.65. The Balaban J connectivity index is 2.24. The zero-order valence-electron chi connectivity index (χ0n) is 12.6. The summed E-state index contributed by atoms with van der Waals surface area (Å²) < 4.78 is 31.9. The van der Waals surface area contributed by atoms with E-state index in [2.05, 4.69) is 9.71 Å². The maximum atomic E-state index is 12.4. The Morgan fingerprint density at radius 2 is 2.00 bits per heavy atom. The number of pyridine rings is 1. The van der Waals surface area contributed by atoms with Crippen molar-refractivity contribution < 1.29 is 23.1 Å². The van der Waals surface area contributed by atoms with Crippen molar-refractivity contribution in [2.24, 2.45) is 0 Å². The summed E-state index contributed by atoms with van der Waals surface area (Å²) in [6.45, 7) is 0. The minimum atomic E-state index is -4.06. The van der Waals surface area contributed by atoms with Crippen LogP contribution in [0.4, 0.5) is 0 Å². The molecule has 0 amide bonds. The van der Waals surface area contributed by atoms with Gasteiger partial charge < -0.3 is 9.84 Å². The molecule has 0 fully saturated rings. The van der Waals surface area contributed by atoms with Crippen LogP contribution in [-0.4, -0.2) is 37.6 Å². The number of nitrogens with one attached hydrogen (secondary N) is 1. The summed E-state index contributed by atoms with van der Waals surface area (Å²) in [5, 5.41) is 9.41. The number of methoxy groups -OCH3 is 1. The number of hydrogen-bond acceptors (Lipinski definition) is 5. The monoisotopic (exact) mass is 370 g/mol. The first-order valence-corrected chi connectivity index (χ1v) is 8.67. The Kier molecular flexibility index (Phi) is 5.76. The Morgan fingerprint density at radius 3 is 2.54 bits per heavy atom. The zero-order valence-corrected chi connectivity index (χ0v) is 14.2. The molecule has 24 heavy (non-hydrogen) atoms. The molecule has 1 atom stereocenters. The van der Waals surface area contributed by atoms with Gasteiger partial charge in [0.05, 0.1) is 17.0 Å². The average Bonchev–Trinajstić information content (AvgIpc) is 2.55. The van der Waals surface area contributed by atoms with Gasteiger partial charge in [-0.15, -0.1) is 0 Å². The van der Waals surface area contributed by atoms with Crippen molar-refractivity contribution in [1.29, 1.82) is 0 Å². The molecule has 0 saturated heterocycles. The molecule has 1 aromatic heterocycles. The number of carbonyl (C=O) groups is 1. The number of nitrogens with zero attached hydrogens (tertiary/aromatic N) is 1. The summed E-state index contributed by atoms with van der Waals surface area (Å²) in [5.41, 5.74) is 0.646. The minimum absolute atomic E-state index is 0.0129. The van der Waals surface area contributed by atoms with Gasteiger partial charge >= 0.3 is 5.97 Å². The van der Waals surface area contributed by atoms with Crippen LogP contribution in [0.5, 0.6) is 5.75 Å². The van der Waals surface area contributed by atoms with Crippen LogP contribution in [-0.2, 0) is 21.2 Å². The number of sulfonamides is 1. The minimum Gasteiger partial charge on any atom is -0.495 e. The zero-order chi connectivity index (χ0) is 17.7. The van der Waals surface area contributed by atoms with Crippen molar-refractivity contribution in [2.45, 2.75) is 17.4 Å². The second kappa shape index (κ2) is 7.61. The van der Waals surface area contributed by atoms with Crippen molar-refractivity contribution >= 4 is 27.6 Å². The lowest BCUT2D eigenvalue weighted by molar-refractivity contribution is -0.138. The molecule has 0 aliphatic heterocycles. The fourth-order valence-electron chi connectivity index (χ4n) is 2.00. The number of carboxylic acids is 1. The number of aromatic nitrogens is 1. The summed E-state index contributed by atoms with van der Waals surface area (Å²) in [5.74, 6) is -0.961. The van der Waals surface area contributed by atoms with E-state index in [1.54, 1.807) is 12.1 Å². The topological polar surface area (TPSA) is 106 Å². The molecule has 0 bridgehead atoms. The molecule has 1 aromatic carbocycles. The predicted molar refractivity (Wildman–Crippen MR) is 87.7 cm³/mol. The molecule has 2 aromatic rings. The van der Waals surface area contributed by atoms with Gasteiger partial charge in [-0.25, -0.2) is 8.42 Å². The SMILES string of the molecule is COc1ccc(S(=O)(=O)NC(Cc2ccncc2)C(=O)O)cc1Cl. The van der Waals surface area contributed by atoms with Gasteiger partial charge in [0.2, 0.25) is 10.0 Å². The number of aliphatic carboxylic acids is 1. The first-order chi connectivity index (χ1) is 11.3. The summed E-state index contributed by atoms with van der Waals surface area (Å²) in [4.78, 5) is 15.1. The average molecular weight is 371 g/mol. The van der Waals surface area contributed by atoms with E-state index in [-0.39, 0.29) is 16.3 Å². The second-order valence-corrected chi connectivity index (χ2v) is 6.99. The molecule has 0 saturated carbocycles. The molecule has 0 radical (unpaired) electrons. The number of halogens is 1. The van der Waals surface area contributed by atoms with E-state index in [0.29, 0.717) is 11.3 Å². The standard InChI is InChI=1S/C15H15ClN2O5S/c1-23-14-3-2-11(9-12(14)16)24(21,22)18-13(15(19)20)8-10-4-6-17-7-5-10/h2-7,9,13,18H,8H2,1H3,(H,19,20). The normalized spacial score (nSPS) is 12.6. The van der Waals surface area contributed by atoms with Gasteiger partial charge in [-0.3, -0.25) is 9.78 Å². The molecule has 9 heteroatoms. The largest absolute Gasteiger partial charge is 0.495 e. The smallest absolute Gasteiger partial charge is 0.322 e. The van der Waals surface area contributed by atoms with E-state index >= 15 is 0 Å². The van der Waals surface area contributed by atoms with Gasteiger partial charge in [-0.05, 0) is 42.3 Å². The van der Waals surface area contributed by atoms with Crippen LogP contribution in [0.3, 0.4) is 0 Å². The summed E-state index contributed by atoms with van der Waals surface area (Å²) >= 11 is 5.92. The maximum Gasteiger partial charge on any atom is 0.322 e. The van der Waals surface area contributed by atoms with E-state index in [9.17, 15) is 18.3 Å². The lowest BCUT2D eigenvalue weighted by Gasteiger charge is -2.15. The Hall–Kier alpha value is -2.16. The lowest BCUT2D eigenvalue weighted by atomic mass is 10.1. The first kappa shape index (κ1) is 18.2. The van der Waals surface area contributed by atoms with Gasteiger partial charge in [0, 0.05) is 12.4 Å². The number of rotatable bonds is 7. The van der Waals surface area contributed by atoms with Crippen LogP contribution in [0.1, 0.15) is 5.56 Å². The molecule has 2 rings (SSSR count). The van der Waals surface area contributed by atoms with Crippen molar-refractivity contribution in [1.82, 2.24) is 9.71 Å². The van der Waals surface area contributed by atoms with E-state index in [1.165, 1.54) is 37.7 Å². The highest BCUT2D eigenvalue weighted by Crippen LogP contribution is 2.27. The fourth-order valence-corrected chi connectivity index (χ4v) is 3.54. The predicted octanol–water partition coefficient (Wildman–Crippen LogP) is 1.72. The first-order valence-electron chi connectivity index (χ1n) is 6.81. The second-order valence-electron chi connectivity index (χ2n) is 4.87. The van der Waals surface area contributed by atoms with E-state index in [4.69, 9.17) is 16.3 Å². The van der Waals surface area contributed by atoms with Crippen molar-refractivity contribution in [3.63, 3.8) is 0 Å². The third-order valence-corrected chi connectivity index (χ3v) is 4.98. The molecule has 1 heterocycles. The third-order valence-electron chi connectivity index (χ3n) is 3.22. The van der Waals surface area contributed by atoms with Gasteiger partial charge in [0.25, 0.3) is 0 Å². The van der Waals surface area contributed by atoms with E-state index in [1.807, 2.05) is 0 Å².